The summed E-state index contributed by atoms with van der Waals surface area (Å²) in [5.74, 6) is -0.616. The van der Waals surface area contributed by atoms with Crippen molar-refractivity contribution in [3.05, 3.63) is 70.7 Å². The highest BCUT2D eigenvalue weighted by atomic mass is 32.2. The number of H-pyrrole nitrogens is 1. The Kier molecular flexibility index (Phi) is 6.47. The summed E-state index contributed by atoms with van der Waals surface area (Å²) < 4.78 is 0. The summed E-state index contributed by atoms with van der Waals surface area (Å²) >= 11 is 2.69. The molecule has 0 fully saturated rings. The maximum absolute atomic E-state index is 12.3. The number of imidazole rings is 1. The lowest BCUT2D eigenvalue weighted by Crippen LogP contribution is -2.41. The van der Waals surface area contributed by atoms with Crippen molar-refractivity contribution < 1.29 is 14.4 Å². The highest BCUT2D eigenvalue weighted by Crippen LogP contribution is 2.23. The number of nitrogens with one attached hydrogen (secondary N) is 4. The lowest BCUT2D eigenvalue weighted by molar-refractivity contribution is -0.114. The number of hydrogen-bond acceptors (Lipinski definition) is 7. The Bertz CT molecular complexity index is 1250. The van der Waals surface area contributed by atoms with Gasteiger partial charge in [-0.25, -0.2) is 9.97 Å². The second-order valence-corrected chi connectivity index (χ2v) is 8.49. The summed E-state index contributed by atoms with van der Waals surface area (Å²) in [7, 11) is 0. The summed E-state index contributed by atoms with van der Waals surface area (Å²) in [5, 5.41) is 5.13. The van der Waals surface area contributed by atoms with Crippen molar-refractivity contribution in [2.75, 3.05) is 5.32 Å². The van der Waals surface area contributed by atoms with Gasteiger partial charge in [0.2, 0.25) is 5.91 Å². The van der Waals surface area contributed by atoms with Crippen molar-refractivity contribution in [1.82, 2.24) is 25.8 Å². The van der Waals surface area contributed by atoms with Crippen LogP contribution < -0.4 is 16.2 Å². The molecule has 2 heterocycles. The van der Waals surface area contributed by atoms with Crippen LogP contribution in [0.25, 0.3) is 11.0 Å². The summed E-state index contributed by atoms with van der Waals surface area (Å²) in [4.78, 5) is 47.2. The Morgan fingerprint density at radius 1 is 1.00 bits per heavy atom. The van der Waals surface area contributed by atoms with Crippen molar-refractivity contribution in [2.45, 2.75) is 17.8 Å². The van der Waals surface area contributed by atoms with Crippen LogP contribution in [-0.2, 0) is 10.5 Å². The van der Waals surface area contributed by atoms with E-state index in [0.717, 1.165) is 33.1 Å². The SMILES string of the molecule is CC(=O)Nc1nc(C(=O)NNC(=O)c2ccc(CSc3nc4ccccc4[nH]3)cc2)cs1. The number of thiazole rings is 1. The fourth-order valence-electron chi connectivity index (χ4n) is 2.74. The molecule has 4 N–H and O–H groups in total. The molecule has 0 unspecified atom stereocenters. The molecule has 162 valence electrons. The van der Waals surface area contributed by atoms with Gasteiger partial charge >= 0.3 is 0 Å². The average Bonchev–Trinajstić information content (AvgIpc) is 3.42. The predicted molar refractivity (Wildman–Crippen MR) is 123 cm³/mol. The molecule has 2 aromatic heterocycles. The molecular weight excluding hydrogens is 448 g/mol. The van der Waals surface area contributed by atoms with Gasteiger partial charge in [0.05, 0.1) is 11.0 Å². The maximum atomic E-state index is 12.3. The zero-order valence-corrected chi connectivity index (χ0v) is 18.5. The number of rotatable bonds is 6. The minimum Gasteiger partial charge on any atom is -0.333 e. The molecule has 0 saturated heterocycles. The zero-order valence-electron chi connectivity index (χ0n) is 16.8. The number of thioether (sulfide) groups is 1. The van der Waals surface area contributed by atoms with E-state index in [1.54, 1.807) is 23.9 Å². The molecule has 11 heteroatoms. The van der Waals surface area contributed by atoms with Crippen molar-refractivity contribution in [1.29, 1.82) is 0 Å². The molecule has 4 aromatic rings. The number of carbonyl (C=O) groups excluding carboxylic acids is 3. The van der Waals surface area contributed by atoms with Crippen LogP contribution in [0.1, 0.15) is 33.3 Å². The van der Waals surface area contributed by atoms with Crippen molar-refractivity contribution in [3.63, 3.8) is 0 Å². The minimum absolute atomic E-state index is 0.0945. The fraction of sp³-hybridized carbons (Fsp3) is 0.0952. The van der Waals surface area contributed by atoms with Gasteiger partial charge in [0.15, 0.2) is 10.3 Å². The maximum Gasteiger partial charge on any atom is 0.289 e. The molecule has 2 aromatic carbocycles. The number of nitrogens with zero attached hydrogens (tertiary/aromatic N) is 2. The van der Waals surface area contributed by atoms with Crippen molar-refractivity contribution in [2.24, 2.45) is 0 Å². The van der Waals surface area contributed by atoms with Crippen LogP contribution in [0.3, 0.4) is 0 Å². The van der Waals surface area contributed by atoms with E-state index >= 15 is 0 Å². The Morgan fingerprint density at radius 2 is 1.75 bits per heavy atom. The number of hydrazine groups is 1. The average molecular weight is 467 g/mol. The highest BCUT2D eigenvalue weighted by Gasteiger charge is 2.13. The van der Waals surface area contributed by atoms with Crippen LogP contribution in [0, 0.1) is 0 Å². The Morgan fingerprint density at radius 3 is 2.50 bits per heavy atom. The van der Waals surface area contributed by atoms with E-state index in [1.165, 1.54) is 12.3 Å². The molecule has 0 aliphatic carbocycles. The van der Waals surface area contributed by atoms with Gasteiger partial charge in [-0.1, -0.05) is 36.0 Å². The van der Waals surface area contributed by atoms with Gasteiger partial charge in [0, 0.05) is 23.6 Å². The monoisotopic (exact) mass is 466 g/mol. The number of para-hydroxylation sites is 2. The largest absolute Gasteiger partial charge is 0.333 e. The second kappa shape index (κ2) is 9.62. The van der Waals surface area contributed by atoms with Gasteiger partial charge in [0.25, 0.3) is 11.8 Å². The van der Waals surface area contributed by atoms with Crippen molar-refractivity contribution >= 4 is 57.0 Å². The van der Waals surface area contributed by atoms with Gasteiger partial charge in [-0.3, -0.25) is 25.2 Å². The molecule has 0 radical (unpaired) electrons. The molecule has 4 rings (SSSR count). The van der Waals surface area contributed by atoms with E-state index in [0.29, 0.717) is 16.4 Å². The number of fused-ring (bicyclic) bond motifs is 1. The number of aromatic amines is 1. The van der Waals surface area contributed by atoms with Crippen LogP contribution in [0.15, 0.2) is 59.1 Å². The van der Waals surface area contributed by atoms with Gasteiger partial charge < -0.3 is 10.3 Å². The molecule has 0 aliphatic heterocycles. The van der Waals surface area contributed by atoms with E-state index in [9.17, 15) is 14.4 Å². The molecule has 32 heavy (non-hydrogen) atoms. The quantitative estimate of drug-likeness (QED) is 0.255. The first-order valence-corrected chi connectivity index (χ1v) is 11.3. The van der Waals surface area contributed by atoms with Crippen LogP contribution in [-0.4, -0.2) is 32.7 Å². The van der Waals surface area contributed by atoms with E-state index in [2.05, 4.69) is 31.1 Å². The van der Waals surface area contributed by atoms with Gasteiger partial charge in [-0.2, -0.15) is 0 Å². The van der Waals surface area contributed by atoms with Crippen molar-refractivity contribution in [3.8, 4) is 0 Å². The van der Waals surface area contributed by atoms with E-state index < -0.39 is 11.8 Å². The minimum atomic E-state index is -0.579. The Balaban J connectivity index is 1.28. The summed E-state index contributed by atoms with van der Waals surface area (Å²) in [6.45, 7) is 1.35. The molecule has 0 aliphatic rings. The molecule has 0 bridgehead atoms. The van der Waals surface area contributed by atoms with Crippen LogP contribution >= 0.6 is 23.1 Å². The molecule has 3 amide bonds. The van der Waals surface area contributed by atoms with Gasteiger partial charge in [0.1, 0.15) is 5.69 Å². The Labute approximate surface area is 191 Å². The fourth-order valence-corrected chi connectivity index (χ4v) is 4.32. The normalized spacial score (nSPS) is 10.7. The zero-order chi connectivity index (χ0) is 22.5. The Hall–Kier alpha value is -3.70. The number of anilines is 1. The standard InChI is InChI=1S/C21H18N6O3S2/c1-12(28)22-20-25-17(11-32-20)19(30)27-26-18(29)14-8-6-13(7-9-14)10-31-21-23-15-4-2-3-5-16(15)24-21/h2-9,11H,10H2,1H3,(H,23,24)(H,26,29)(H,27,30)(H,22,25,28). The summed E-state index contributed by atoms with van der Waals surface area (Å²) in [6.07, 6.45) is 0. The number of aromatic nitrogens is 3. The molecule has 0 saturated carbocycles. The van der Waals surface area contributed by atoms with Gasteiger partial charge in [-0.15, -0.1) is 11.3 Å². The first kappa shape index (κ1) is 21.5. The first-order chi connectivity index (χ1) is 15.5. The number of amides is 3. The highest BCUT2D eigenvalue weighted by molar-refractivity contribution is 7.98. The smallest absolute Gasteiger partial charge is 0.289 e. The van der Waals surface area contributed by atoms with E-state index in [-0.39, 0.29) is 11.6 Å². The lowest BCUT2D eigenvalue weighted by atomic mass is 10.1. The third-order valence-electron chi connectivity index (χ3n) is 4.27. The number of benzene rings is 2. The molecule has 9 nitrogen and oxygen atoms in total. The van der Waals surface area contributed by atoms with Crippen LogP contribution in [0.4, 0.5) is 5.13 Å². The third-order valence-corrected chi connectivity index (χ3v) is 5.97. The topological polar surface area (TPSA) is 129 Å². The third kappa shape index (κ3) is 5.31. The van der Waals surface area contributed by atoms with Crippen LogP contribution in [0.2, 0.25) is 0 Å². The van der Waals surface area contributed by atoms with E-state index in [1.807, 2.05) is 36.4 Å². The summed E-state index contributed by atoms with van der Waals surface area (Å²) in [5.41, 5.74) is 8.12. The first-order valence-electron chi connectivity index (χ1n) is 9.48. The number of carbonyl (C=O) groups is 3. The van der Waals surface area contributed by atoms with Gasteiger partial charge in [-0.05, 0) is 29.8 Å². The number of hydrogen-bond donors (Lipinski definition) is 4. The second-order valence-electron chi connectivity index (χ2n) is 6.67. The van der Waals surface area contributed by atoms with Crippen LogP contribution in [0.5, 0.6) is 0 Å². The molecule has 0 atom stereocenters. The predicted octanol–water partition coefficient (Wildman–Crippen LogP) is 3.34. The molecule has 0 spiro atoms. The van der Waals surface area contributed by atoms with E-state index in [4.69, 9.17) is 0 Å². The molecular formula is C21H18N6O3S2. The summed E-state index contributed by atoms with van der Waals surface area (Å²) in [6, 6.07) is 14.9. The lowest BCUT2D eigenvalue weighted by Gasteiger charge is -2.07.